The fraction of sp³-hybridized carbons (Fsp3) is 0.529. The molecule has 138 valence electrons. The zero-order valence-corrected chi connectivity index (χ0v) is 15.6. The number of sulfonamides is 1. The first-order chi connectivity index (χ1) is 11.8. The SMILES string of the molecule is CCNC(=O)[C@@H]1CCCN1C(=O)[C@H](C)NS(=O)(=O)c1ccc(C)cc1. The number of benzene rings is 1. The van der Waals surface area contributed by atoms with Crippen molar-refractivity contribution in [3.8, 4) is 0 Å². The van der Waals surface area contributed by atoms with Crippen molar-refractivity contribution in [3.05, 3.63) is 29.8 Å². The Kier molecular flexibility index (Phi) is 6.18. The van der Waals surface area contributed by atoms with Crippen molar-refractivity contribution in [3.63, 3.8) is 0 Å². The lowest BCUT2D eigenvalue weighted by Gasteiger charge is -2.27. The molecule has 1 aliphatic heterocycles. The smallest absolute Gasteiger partial charge is 0.242 e. The molecule has 7 nitrogen and oxygen atoms in total. The average molecular weight is 367 g/mol. The summed E-state index contributed by atoms with van der Waals surface area (Å²) in [5, 5.41) is 2.72. The summed E-state index contributed by atoms with van der Waals surface area (Å²) in [5.41, 5.74) is 0.949. The Bertz CT molecular complexity index is 731. The number of carbonyl (C=O) groups is 2. The molecule has 0 spiro atoms. The molecule has 2 N–H and O–H groups in total. The van der Waals surface area contributed by atoms with Gasteiger partial charge in [0.25, 0.3) is 0 Å². The third-order valence-corrected chi connectivity index (χ3v) is 5.78. The second-order valence-electron chi connectivity index (χ2n) is 6.24. The van der Waals surface area contributed by atoms with Gasteiger partial charge in [-0.25, -0.2) is 8.42 Å². The van der Waals surface area contributed by atoms with Gasteiger partial charge in [0.05, 0.1) is 10.9 Å². The second kappa shape index (κ2) is 7.97. The Morgan fingerprint density at radius 1 is 1.28 bits per heavy atom. The molecule has 1 aromatic rings. The Labute approximate surface area is 148 Å². The van der Waals surface area contributed by atoms with Crippen LogP contribution in [0, 0.1) is 6.92 Å². The van der Waals surface area contributed by atoms with Crippen LogP contribution in [0.5, 0.6) is 0 Å². The molecule has 0 saturated carbocycles. The molecule has 0 aliphatic carbocycles. The Morgan fingerprint density at radius 2 is 1.92 bits per heavy atom. The van der Waals surface area contributed by atoms with Crippen molar-refractivity contribution in [2.45, 2.75) is 50.6 Å². The topological polar surface area (TPSA) is 95.6 Å². The number of nitrogens with one attached hydrogen (secondary N) is 2. The fourth-order valence-electron chi connectivity index (χ4n) is 2.91. The zero-order valence-electron chi connectivity index (χ0n) is 14.8. The van der Waals surface area contributed by atoms with E-state index in [9.17, 15) is 18.0 Å². The van der Waals surface area contributed by atoms with Gasteiger partial charge in [-0.1, -0.05) is 17.7 Å². The van der Waals surface area contributed by atoms with Crippen LogP contribution in [-0.2, 0) is 19.6 Å². The zero-order chi connectivity index (χ0) is 18.6. The van der Waals surface area contributed by atoms with E-state index in [4.69, 9.17) is 0 Å². The van der Waals surface area contributed by atoms with Crippen LogP contribution in [0.2, 0.25) is 0 Å². The minimum absolute atomic E-state index is 0.111. The van der Waals surface area contributed by atoms with Gasteiger partial charge in [-0.05, 0) is 45.7 Å². The van der Waals surface area contributed by atoms with Gasteiger partial charge in [0.1, 0.15) is 6.04 Å². The Morgan fingerprint density at radius 3 is 2.52 bits per heavy atom. The number of hydrogen-bond acceptors (Lipinski definition) is 4. The maximum atomic E-state index is 12.6. The average Bonchev–Trinajstić information content (AvgIpc) is 3.04. The molecular weight excluding hydrogens is 342 g/mol. The summed E-state index contributed by atoms with van der Waals surface area (Å²) in [7, 11) is -3.80. The van der Waals surface area contributed by atoms with Gasteiger partial charge in [0.15, 0.2) is 0 Å². The number of likely N-dealkylation sites (N-methyl/N-ethyl adjacent to an activating group) is 1. The lowest BCUT2D eigenvalue weighted by molar-refractivity contribution is -0.139. The summed E-state index contributed by atoms with van der Waals surface area (Å²) in [5.74, 6) is -0.577. The first-order valence-corrected chi connectivity index (χ1v) is 9.91. The quantitative estimate of drug-likeness (QED) is 0.777. The van der Waals surface area contributed by atoms with Gasteiger partial charge in [-0.2, -0.15) is 4.72 Å². The van der Waals surface area contributed by atoms with Crippen LogP contribution in [0.4, 0.5) is 0 Å². The van der Waals surface area contributed by atoms with Crippen LogP contribution >= 0.6 is 0 Å². The summed E-state index contributed by atoms with van der Waals surface area (Å²) in [4.78, 5) is 26.3. The molecule has 8 heteroatoms. The third kappa shape index (κ3) is 4.58. The normalized spacial score (nSPS) is 18.8. The molecule has 0 bridgehead atoms. The standard InChI is InChI=1S/C17H25N3O4S/c1-4-18-16(21)15-6-5-11-20(15)17(22)13(3)19-25(23,24)14-9-7-12(2)8-10-14/h7-10,13,15,19H,4-6,11H2,1-3H3,(H,18,21)/t13-,15-/m0/s1. The minimum atomic E-state index is -3.80. The number of amides is 2. The van der Waals surface area contributed by atoms with Crippen molar-refractivity contribution in [2.75, 3.05) is 13.1 Å². The van der Waals surface area contributed by atoms with E-state index in [-0.39, 0.29) is 16.7 Å². The molecule has 2 rings (SSSR count). The van der Waals surface area contributed by atoms with E-state index in [1.807, 2.05) is 13.8 Å². The van der Waals surface area contributed by atoms with Gasteiger partial charge in [0.2, 0.25) is 21.8 Å². The molecule has 0 aromatic heterocycles. The Hall–Kier alpha value is -1.93. The predicted molar refractivity (Wildman–Crippen MR) is 94.4 cm³/mol. The molecule has 1 heterocycles. The highest BCUT2D eigenvalue weighted by Crippen LogP contribution is 2.19. The number of rotatable bonds is 6. The summed E-state index contributed by atoms with van der Waals surface area (Å²) in [6, 6.07) is 4.93. The first kappa shape index (κ1) is 19.4. The van der Waals surface area contributed by atoms with Crippen LogP contribution in [0.1, 0.15) is 32.3 Å². The van der Waals surface area contributed by atoms with E-state index < -0.39 is 22.1 Å². The van der Waals surface area contributed by atoms with Crippen LogP contribution in [0.15, 0.2) is 29.2 Å². The van der Waals surface area contributed by atoms with Crippen LogP contribution < -0.4 is 10.0 Å². The molecule has 0 unspecified atom stereocenters. The number of hydrogen-bond donors (Lipinski definition) is 2. The van der Waals surface area contributed by atoms with E-state index in [2.05, 4.69) is 10.0 Å². The van der Waals surface area contributed by atoms with Crippen molar-refractivity contribution in [1.29, 1.82) is 0 Å². The molecule has 1 fully saturated rings. The summed E-state index contributed by atoms with van der Waals surface area (Å²) in [6.45, 7) is 6.13. The maximum Gasteiger partial charge on any atom is 0.242 e. The van der Waals surface area contributed by atoms with Crippen LogP contribution in [0.25, 0.3) is 0 Å². The molecule has 2 amide bonds. The van der Waals surface area contributed by atoms with Gasteiger partial charge < -0.3 is 10.2 Å². The predicted octanol–water partition coefficient (Wildman–Crippen LogP) is 0.789. The van der Waals surface area contributed by atoms with Gasteiger partial charge in [-0.3, -0.25) is 9.59 Å². The number of carbonyl (C=O) groups excluding carboxylic acids is 2. The van der Waals surface area contributed by atoms with E-state index in [1.54, 1.807) is 12.1 Å². The van der Waals surface area contributed by atoms with E-state index >= 15 is 0 Å². The fourth-order valence-corrected chi connectivity index (χ4v) is 4.11. The minimum Gasteiger partial charge on any atom is -0.355 e. The van der Waals surface area contributed by atoms with Gasteiger partial charge >= 0.3 is 0 Å². The molecule has 0 radical (unpaired) electrons. The van der Waals surface area contributed by atoms with E-state index in [0.29, 0.717) is 19.5 Å². The largest absolute Gasteiger partial charge is 0.355 e. The van der Waals surface area contributed by atoms with Gasteiger partial charge in [-0.15, -0.1) is 0 Å². The van der Waals surface area contributed by atoms with Crippen LogP contribution in [0.3, 0.4) is 0 Å². The highest BCUT2D eigenvalue weighted by Gasteiger charge is 2.36. The molecule has 1 saturated heterocycles. The number of nitrogens with zero attached hydrogens (tertiary/aromatic N) is 1. The summed E-state index contributed by atoms with van der Waals surface area (Å²) in [6.07, 6.45) is 1.32. The van der Waals surface area contributed by atoms with Crippen molar-refractivity contribution >= 4 is 21.8 Å². The van der Waals surface area contributed by atoms with Crippen molar-refractivity contribution in [2.24, 2.45) is 0 Å². The summed E-state index contributed by atoms with van der Waals surface area (Å²) < 4.78 is 27.3. The second-order valence-corrected chi connectivity index (χ2v) is 7.95. The summed E-state index contributed by atoms with van der Waals surface area (Å²) >= 11 is 0. The monoisotopic (exact) mass is 367 g/mol. The van der Waals surface area contributed by atoms with Crippen molar-refractivity contribution in [1.82, 2.24) is 14.9 Å². The molecule has 2 atom stereocenters. The maximum absolute atomic E-state index is 12.6. The number of likely N-dealkylation sites (tertiary alicyclic amines) is 1. The number of aryl methyl sites for hydroxylation is 1. The lowest BCUT2D eigenvalue weighted by atomic mass is 10.2. The van der Waals surface area contributed by atoms with Gasteiger partial charge in [0, 0.05) is 13.1 Å². The molecular formula is C17H25N3O4S. The van der Waals surface area contributed by atoms with E-state index in [1.165, 1.54) is 24.0 Å². The molecule has 1 aliphatic rings. The van der Waals surface area contributed by atoms with E-state index in [0.717, 1.165) is 12.0 Å². The lowest BCUT2D eigenvalue weighted by Crippen LogP contribution is -2.52. The highest BCUT2D eigenvalue weighted by atomic mass is 32.2. The first-order valence-electron chi connectivity index (χ1n) is 8.43. The Balaban J connectivity index is 2.09. The van der Waals surface area contributed by atoms with Crippen molar-refractivity contribution < 1.29 is 18.0 Å². The molecule has 1 aromatic carbocycles. The molecule has 25 heavy (non-hydrogen) atoms. The highest BCUT2D eigenvalue weighted by molar-refractivity contribution is 7.89. The van der Waals surface area contributed by atoms with Crippen LogP contribution in [-0.4, -0.2) is 50.3 Å². The third-order valence-electron chi connectivity index (χ3n) is 4.22.